The SMILES string of the molecule is CC(C)N1C/C(=C(/O)c2cnn(Cc3ccc(F)cc3)c2)C(=O)C1=O. The Labute approximate surface area is 144 Å². The lowest BCUT2D eigenvalue weighted by Gasteiger charge is -2.18. The molecule has 25 heavy (non-hydrogen) atoms. The van der Waals surface area contributed by atoms with Crippen molar-refractivity contribution in [2.45, 2.75) is 26.4 Å². The Bertz CT molecular complexity index is 853. The number of carbonyl (C=O) groups is 2. The average Bonchev–Trinajstić information content (AvgIpc) is 3.15. The molecule has 0 saturated carbocycles. The van der Waals surface area contributed by atoms with E-state index in [1.165, 1.54) is 23.2 Å². The van der Waals surface area contributed by atoms with Gasteiger partial charge >= 0.3 is 0 Å². The standard InChI is InChI=1S/C18H18FN3O3/c1-11(2)22-10-15(17(24)18(22)25)16(23)13-7-20-21(9-13)8-12-3-5-14(19)6-4-12/h3-7,9,11,23H,8,10H2,1-2H3/b16-15-. The van der Waals surface area contributed by atoms with E-state index in [4.69, 9.17) is 0 Å². The van der Waals surface area contributed by atoms with Crippen LogP contribution >= 0.6 is 0 Å². The molecule has 0 radical (unpaired) electrons. The van der Waals surface area contributed by atoms with Gasteiger partial charge in [-0.3, -0.25) is 14.3 Å². The van der Waals surface area contributed by atoms with Crippen LogP contribution in [-0.4, -0.2) is 44.1 Å². The lowest BCUT2D eigenvalue weighted by atomic mass is 10.1. The first-order valence-electron chi connectivity index (χ1n) is 7.91. The van der Waals surface area contributed by atoms with Gasteiger partial charge in [-0.2, -0.15) is 5.10 Å². The molecule has 6 nitrogen and oxygen atoms in total. The summed E-state index contributed by atoms with van der Waals surface area (Å²) in [5.74, 6) is -1.83. The van der Waals surface area contributed by atoms with Crippen molar-refractivity contribution in [1.82, 2.24) is 14.7 Å². The first-order chi connectivity index (χ1) is 11.9. The van der Waals surface area contributed by atoms with Crippen LogP contribution in [0.4, 0.5) is 4.39 Å². The van der Waals surface area contributed by atoms with Crippen LogP contribution < -0.4 is 0 Å². The minimum absolute atomic E-state index is 0.0834. The molecule has 1 fully saturated rings. The Balaban J connectivity index is 1.83. The van der Waals surface area contributed by atoms with Crippen molar-refractivity contribution in [2.75, 3.05) is 6.54 Å². The van der Waals surface area contributed by atoms with Crippen LogP contribution in [0.25, 0.3) is 5.76 Å². The third kappa shape index (κ3) is 3.31. The summed E-state index contributed by atoms with van der Waals surface area (Å²) in [7, 11) is 0. The number of ketones is 1. The van der Waals surface area contributed by atoms with Gasteiger partial charge in [0.1, 0.15) is 11.6 Å². The van der Waals surface area contributed by atoms with E-state index in [-0.39, 0.29) is 29.7 Å². The van der Waals surface area contributed by atoms with Crippen LogP contribution in [0.3, 0.4) is 0 Å². The largest absolute Gasteiger partial charge is 0.507 e. The normalized spacial score (nSPS) is 16.9. The first-order valence-corrected chi connectivity index (χ1v) is 7.91. The minimum atomic E-state index is -0.683. The zero-order chi connectivity index (χ0) is 18.1. The van der Waals surface area contributed by atoms with E-state index in [0.29, 0.717) is 12.1 Å². The Morgan fingerprint density at radius 1 is 1.28 bits per heavy atom. The van der Waals surface area contributed by atoms with Crippen LogP contribution in [0.2, 0.25) is 0 Å². The minimum Gasteiger partial charge on any atom is -0.507 e. The van der Waals surface area contributed by atoms with E-state index in [9.17, 15) is 19.1 Å². The second-order valence-electron chi connectivity index (χ2n) is 6.24. The van der Waals surface area contributed by atoms with Crippen molar-refractivity contribution in [3.63, 3.8) is 0 Å². The topological polar surface area (TPSA) is 75.4 Å². The molecule has 0 atom stereocenters. The number of halogens is 1. The molecule has 1 N–H and O–H groups in total. The number of aliphatic hydroxyl groups is 1. The molecule has 0 aliphatic carbocycles. The second kappa shape index (κ2) is 6.51. The molecule has 7 heteroatoms. The zero-order valence-corrected chi connectivity index (χ0v) is 13.9. The highest BCUT2D eigenvalue weighted by Gasteiger charge is 2.38. The fourth-order valence-corrected chi connectivity index (χ4v) is 2.70. The van der Waals surface area contributed by atoms with E-state index in [2.05, 4.69) is 5.10 Å². The number of aliphatic hydroxyl groups excluding tert-OH is 1. The number of hydrogen-bond donors (Lipinski definition) is 1. The van der Waals surface area contributed by atoms with Crippen molar-refractivity contribution in [3.8, 4) is 0 Å². The highest BCUT2D eigenvalue weighted by molar-refractivity contribution is 6.46. The van der Waals surface area contributed by atoms with Crippen molar-refractivity contribution >= 4 is 17.4 Å². The number of aromatic nitrogens is 2. The molecular formula is C18H18FN3O3. The van der Waals surface area contributed by atoms with E-state index >= 15 is 0 Å². The van der Waals surface area contributed by atoms with Gasteiger partial charge in [0.2, 0.25) is 0 Å². The summed E-state index contributed by atoms with van der Waals surface area (Å²) >= 11 is 0. The summed E-state index contributed by atoms with van der Waals surface area (Å²) in [4.78, 5) is 25.5. The number of nitrogens with zero attached hydrogens (tertiary/aromatic N) is 3. The molecule has 0 unspecified atom stereocenters. The van der Waals surface area contributed by atoms with Gasteiger partial charge in [0, 0.05) is 12.2 Å². The maximum absolute atomic E-state index is 12.9. The zero-order valence-electron chi connectivity index (χ0n) is 13.9. The molecule has 1 saturated heterocycles. The maximum atomic E-state index is 12.9. The summed E-state index contributed by atoms with van der Waals surface area (Å²) in [6, 6.07) is 5.90. The fourth-order valence-electron chi connectivity index (χ4n) is 2.70. The molecule has 2 heterocycles. The third-order valence-corrected chi connectivity index (χ3v) is 4.13. The van der Waals surface area contributed by atoms with E-state index in [1.54, 1.807) is 23.0 Å². The van der Waals surface area contributed by atoms with Gasteiger partial charge in [0.05, 0.1) is 30.4 Å². The van der Waals surface area contributed by atoms with Crippen molar-refractivity contribution in [2.24, 2.45) is 0 Å². The highest BCUT2D eigenvalue weighted by atomic mass is 19.1. The number of hydrogen-bond acceptors (Lipinski definition) is 4. The van der Waals surface area contributed by atoms with E-state index in [1.807, 2.05) is 13.8 Å². The molecule has 1 amide bonds. The highest BCUT2D eigenvalue weighted by Crippen LogP contribution is 2.24. The molecule has 0 spiro atoms. The summed E-state index contributed by atoms with van der Waals surface area (Å²) in [5, 5.41) is 14.5. The number of benzene rings is 1. The summed E-state index contributed by atoms with van der Waals surface area (Å²) in [6.07, 6.45) is 3.02. The van der Waals surface area contributed by atoms with Crippen molar-refractivity contribution in [3.05, 3.63) is 59.2 Å². The van der Waals surface area contributed by atoms with Crippen LogP contribution in [0, 0.1) is 5.82 Å². The lowest BCUT2D eigenvalue weighted by molar-refractivity contribution is -0.140. The summed E-state index contributed by atoms with van der Waals surface area (Å²) < 4.78 is 14.5. The molecule has 1 aromatic heterocycles. The smallest absolute Gasteiger partial charge is 0.295 e. The van der Waals surface area contributed by atoms with Gasteiger partial charge in [0.25, 0.3) is 11.7 Å². The van der Waals surface area contributed by atoms with Crippen LogP contribution in [0.15, 0.2) is 42.2 Å². The van der Waals surface area contributed by atoms with Crippen LogP contribution in [-0.2, 0) is 16.1 Å². The molecule has 1 aliphatic rings. The van der Waals surface area contributed by atoms with Gasteiger partial charge in [-0.05, 0) is 31.5 Å². The Morgan fingerprint density at radius 2 is 1.96 bits per heavy atom. The number of carbonyl (C=O) groups excluding carboxylic acids is 2. The molecule has 1 aliphatic heterocycles. The Morgan fingerprint density at radius 3 is 2.56 bits per heavy atom. The summed E-state index contributed by atoms with van der Waals surface area (Å²) in [5.41, 5.74) is 1.30. The Kier molecular flexibility index (Phi) is 4.39. The number of likely N-dealkylation sites (tertiary alicyclic amines) is 1. The number of Topliss-reactive ketones (excluding diaryl/α,β-unsaturated/α-hetero) is 1. The maximum Gasteiger partial charge on any atom is 0.295 e. The molecule has 0 bridgehead atoms. The number of amides is 1. The van der Waals surface area contributed by atoms with Crippen LogP contribution in [0.1, 0.15) is 25.0 Å². The molecule has 3 rings (SSSR count). The average molecular weight is 343 g/mol. The van der Waals surface area contributed by atoms with Gasteiger partial charge in [-0.15, -0.1) is 0 Å². The van der Waals surface area contributed by atoms with Gasteiger partial charge in [-0.25, -0.2) is 4.39 Å². The van der Waals surface area contributed by atoms with Gasteiger partial charge in [0.15, 0.2) is 0 Å². The Hall–Kier alpha value is -2.96. The quantitative estimate of drug-likeness (QED) is 0.524. The first kappa shape index (κ1) is 16.9. The van der Waals surface area contributed by atoms with E-state index < -0.39 is 11.7 Å². The van der Waals surface area contributed by atoms with Crippen molar-refractivity contribution < 1.29 is 19.1 Å². The predicted molar refractivity (Wildman–Crippen MR) is 89.1 cm³/mol. The second-order valence-corrected chi connectivity index (χ2v) is 6.24. The summed E-state index contributed by atoms with van der Waals surface area (Å²) in [6.45, 7) is 4.11. The number of rotatable bonds is 4. The molecule has 130 valence electrons. The predicted octanol–water partition coefficient (Wildman–Crippen LogP) is 2.16. The molecule has 2 aromatic rings. The molecular weight excluding hydrogens is 325 g/mol. The third-order valence-electron chi connectivity index (χ3n) is 4.13. The van der Waals surface area contributed by atoms with Gasteiger partial charge < -0.3 is 10.0 Å². The fraction of sp³-hybridized carbons (Fsp3) is 0.278. The van der Waals surface area contributed by atoms with E-state index in [0.717, 1.165) is 5.56 Å². The molecule has 1 aromatic carbocycles. The monoisotopic (exact) mass is 343 g/mol. The van der Waals surface area contributed by atoms with Crippen LogP contribution in [0.5, 0.6) is 0 Å². The lowest BCUT2D eigenvalue weighted by Crippen LogP contribution is -2.33. The van der Waals surface area contributed by atoms with Gasteiger partial charge in [-0.1, -0.05) is 12.1 Å². The van der Waals surface area contributed by atoms with Crippen molar-refractivity contribution in [1.29, 1.82) is 0 Å².